The SMILES string of the molecule is Cn1cnn(CCCCS)c1=O. The highest BCUT2D eigenvalue weighted by atomic mass is 32.1. The van der Waals surface area contributed by atoms with Crippen LogP contribution in [0.25, 0.3) is 0 Å². The van der Waals surface area contributed by atoms with Gasteiger partial charge in [0.1, 0.15) is 6.33 Å². The largest absolute Gasteiger partial charge is 0.345 e. The molecule has 12 heavy (non-hydrogen) atoms. The molecule has 0 N–H and O–H groups in total. The monoisotopic (exact) mass is 187 g/mol. The first-order valence-electron chi connectivity index (χ1n) is 3.95. The van der Waals surface area contributed by atoms with Gasteiger partial charge in [-0.15, -0.1) is 0 Å². The Morgan fingerprint density at radius 3 is 2.83 bits per heavy atom. The predicted molar refractivity (Wildman–Crippen MR) is 50.6 cm³/mol. The fourth-order valence-electron chi connectivity index (χ4n) is 0.947. The van der Waals surface area contributed by atoms with Gasteiger partial charge in [-0.05, 0) is 18.6 Å². The minimum absolute atomic E-state index is 0.0471. The Bertz CT molecular complexity index is 291. The van der Waals surface area contributed by atoms with Crippen molar-refractivity contribution in [3.05, 3.63) is 16.8 Å². The molecule has 0 unspecified atom stereocenters. The fourth-order valence-corrected chi connectivity index (χ4v) is 1.17. The van der Waals surface area contributed by atoms with E-state index >= 15 is 0 Å². The lowest BCUT2D eigenvalue weighted by Gasteiger charge is -1.96. The molecular weight excluding hydrogens is 174 g/mol. The highest BCUT2D eigenvalue weighted by Crippen LogP contribution is 1.92. The molecule has 0 aliphatic heterocycles. The van der Waals surface area contributed by atoms with Crippen LogP contribution in [0, 0.1) is 0 Å². The van der Waals surface area contributed by atoms with Gasteiger partial charge in [-0.25, -0.2) is 9.48 Å². The Kier molecular flexibility index (Phi) is 3.40. The number of thiol groups is 1. The van der Waals surface area contributed by atoms with E-state index < -0.39 is 0 Å². The van der Waals surface area contributed by atoms with Crippen LogP contribution in [0.3, 0.4) is 0 Å². The van der Waals surface area contributed by atoms with E-state index in [9.17, 15) is 4.79 Å². The van der Waals surface area contributed by atoms with E-state index in [1.165, 1.54) is 15.6 Å². The maximum Gasteiger partial charge on any atom is 0.345 e. The Morgan fingerprint density at radius 2 is 2.33 bits per heavy atom. The van der Waals surface area contributed by atoms with E-state index in [0.29, 0.717) is 6.54 Å². The van der Waals surface area contributed by atoms with E-state index in [0.717, 1.165) is 18.6 Å². The molecule has 1 aromatic heterocycles. The molecule has 1 rings (SSSR count). The molecule has 0 aliphatic carbocycles. The smallest absolute Gasteiger partial charge is 0.285 e. The Hall–Kier alpha value is -0.710. The van der Waals surface area contributed by atoms with Gasteiger partial charge in [0.15, 0.2) is 0 Å². The quantitative estimate of drug-likeness (QED) is 0.543. The summed E-state index contributed by atoms with van der Waals surface area (Å²) in [6.07, 6.45) is 3.51. The summed E-state index contributed by atoms with van der Waals surface area (Å²) in [7, 11) is 1.70. The lowest BCUT2D eigenvalue weighted by molar-refractivity contribution is 0.550. The maximum absolute atomic E-state index is 11.2. The Balaban J connectivity index is 2.52. The molecule has 1 heterocycles. The van der Waals surface area contributed by atoms with Crippen LogP contribution in [-0.2, 0) is 13.6 Å². The van der Waals surface area contributed by atoms with Crippen molar-refractivity contribution in [3.8, 4) is 0 Å². The Labute approximate surface area is 76.6 Å². The van der Waals surface area contributed by atoms with Gasteiger partial charge in [0.2, 0.25) is 0 Å². The summed E-state index contributed by atoms with van der Waals surface area (Å²) in [6, 6.07) is 0. The van der Waals surface area contributed by atoms with Crippen LogP contribution in [0.15, 0.2) is 11.1 Å². The predicted octanol–water partition coefficient (Wildman–Crippen LogP) is 0.292. The molecule has 0 atom stereocenters. The molecule has 0 amide bonds. The number of nitrogens with zero attached hydrogens (tertiary/aromatic N) is 3. The van der Waals surface area contributed by atoms with Crippen molar-refractivity contribution in [2.75, 3.05) is 5.75 Å². The van der Waals surface area contributed by atoms with Gasteiger partial charge in [0, 0.05) is 13.6 Å². The minimum atomic E-state index is -0.0471. The number of hydrogen-bond donors (Lipinski definition) is 1. The summed E-state index contributed by atoms with van der Waals surface area (Å²) in [5.41, 5.74) is -0.0471. The molecule has 4 nitrogen and oxygen atoms in total. The van der Waals surface area contributed by atoms with E-state index in [-0.39, 0.29) is 5.69 Å². The van der Waals surface area contributed by atoms with Crippen LogP contribution in [0.1, 0.15) is 12.8 Å². The molecule has 0 fully saturated rings. The standard InChI is InChI=1S/C7H13N3OS/c1-9-6-8-10(7(9)11)4-2-3-5-12/h6,12H,2-5H2,1H3. The zero-order valence-electron chi connectivity index (χ0n) is 7.10. The molecular formula is C7H13N3OS. The third-order valence-electron chi connectivity index (χ3n) is 1.66. The molecule has 0 aromatic carbocycles. The van der Waals surface area contributed by atoms with Crippen LogP contribution in [-0.4, -0.2) is 20.1 Å². The highest BCUT2D eigenvalue weighted by molar-refractivity contribution is 7.80. The lowest BCUT2D eigenvalue weighted by Crippen LogP contribution is -2.23. The third kappa shape index (κ3) is 2.14. The van der Waals surface area contributed by atoms with Crippen molar-refractivity contribution in [1.29, 1.82) is 0 Å². The molecule has 1 aromatic rings. The average molecular weight is 187 g/mol. The van der Waals surface area contributed by atoms with Crippen molar-refractivity contribution >= 4 is 12.6 Å². The maximum atomic E-state index is 11.2. The van der Waals surface area contributed by atoms with Crippen molar-refractivity contribution in [2.45, 2.75) is 19.4 Å². The van der Waals surface area contributed by atoms with Crippen molar-refractivity contribution in [2.24, 2.45) is 7.05 Å². The Morgan fingerprint density at radius 1 is 1.58 bits per heavy atom. The van der Waals surface area contributed by atoms with Crippen LogP contribution in [0.2, 0.25) is 0 Å². The number of aryl methyl sites for hydroxylation is 2. The van der Waals surface area contributed by atoms with Gasteiger partial charge in [-0.3, -0.25) is 4.57 Å². The highest BCUT2D eigenvalue weighted by Gasteiger charge is 1.99. The van der Waals surface area contributed by atoms with Crippen molar-refractivity contribution < 1.29 is 0 Å². The molecule has 0 radical (unpaired) electrons. The molecule has 68 valence electrons. The van der Waals surface area contributed by atoms with E-state index in [1.807, 2.05) is 0 Å². The lowest BCUT2D eigenvalue weighted by atomic mass is 10.3. The first kappa shape index (κ1) is 9.38. The number of hydrogen-bond acceptors (Lipinski definition) is 3. The van der Waals surface area contributed by atoms with Gasteiger partial charge >= 0.3 is 5.69 Å². The third-order valence-corrected chi connectivity index (χ3v) is 1.98. The van der Waals surface area contributed by atoms with Gasteiger partial charge in [-0.1, -0.05) is 0 Å². The second kappa shape index (κ2) is 4.35. The number of unbranched alkanes of at least 4 members (excludes halogenated alkanes) is 1. The summed E-state index contributed by atoms with van der Waals surface area (Å²) in [5.74, 6) is 0.863. The minimum Gasteiger partial charge on any atom is -0.285 e. The topological polar surface area (TPSA) is 39.8 Å². The van der Waals surface area contributed by atoms with Gasteiger partial charge < -0.3 is 0 Å². The second-order valence-corrected chi connectivity index (χ2v) is 3.13. The molecule has 0 spiro atoms. The first-order chi connectivity index (χ1) is 5.75. The number of rotatable bonds is 4. The molecule has 5 heteroatoms. The summed E-state index contributed by atoms with van der Waals surface area (Å²) >= 11 is 4.09. The van der Waals surface area contributed by atoms with E-state index in [2.05, 4.69) is 17.7 Å². The zero-order valence-corrected chi connectivity index (χ0v) is 8.00. The summed E-state index contributed by atoms with van der Waals surface area (Å²) < 4.78 is 2.95. The summed E-state index contributed by atoms with van der Waals surface area (Å²) in [6.45, 7) is 0.695. The van der Waals surface area contributed by atoms with Crippen LogP contribution < -0.4 is 5.69 Å². The van der Waals surface area contributed by atoms with Crippen LogP contribution in [0.5, 0.6) is 0 Å². The molecule has 0 bridgehead atoms. The number of aromatic nitrogens is 3. The summed E-state index contributed by atoms with van der Waals surface area (Å²) in [5, 5.41) is 3.93. The van der Waals surface area contributed by atoms with Crippen molar-refractivity contribution in [3.63, 3.8) is 0 Å². The first-order valence-corrected chi connectivity index (χ1v) is 4.58. The van der Waals surface area contributed by atoms with E-state index in [4.69, 9.17) is 0 Å². The average Bonchev–Trinajstić information content (AvgIpc) is 2.36. The van der Waals surface area contributed by atoms with Gasteiger partial charge in [0.25, 0.3) is 0 Å². The molecule has 0 saturated carbocycles. The van der Waals surface area contributed by atoms with Gasteiger partial charge in [-0.2, -0.15) is 17.7 Å². The molecule has 0 saturated heterocycles. The van der Waals surface area contributed by atoms with E-state index in [1.54, 1.807) is 7.05 Å². The molecule has 0 aliphatic rings. The van der Waals surface area contributed by atoms with Crippen LogP contribution in [0.4, 0.5) is 0 Å². The normalized spacial score (nSPS) is 10.5. The van der Waals surface area contributed by atoms with Crippen LogP contribution >= 0.6 is 12.6 Å². The van der Waals surface area contributed by atoms with Crippen molar-refractivity contribution in [1.82, 2.24) is 14.3 Å². The second-order valence-electron chi connectivity index (χ2n) is 2.68. The summed E-state index contributed by atoms with van der Waals surface area (Å²) in [4.78, 5) is 11.2. The van der Waals surface area contributed by atoms with Gasteiger partial charge in [0.05, 0.1) is 0 Å². The zero-order chi connectivity index (χ0) is 8.97. The fraction of sp³-hybridized carbons (Fsp3) is 0.714.